The monoisotopic (exact) mass is 312 g/mol. The number of benzene rings is 1. The number of nitrogens with one attached hydrogen (secondary N) is 1. The van der Waals surface area contributed by atoms with Gasteiger partial charge in [-0.3, -0.25) is 15.1 Å². The number of hydrogen-bond acceptors (Lipinski definition) is 6. The lowest BCUT2D eigenvalue weighted by molar-refractivity contribution is -0.384. The molecule has 0 atom stereocenters. The Bertz CT molecular complexity index is 814. The van der Waals surface area contributed by atoms with E-state index in [0.717, 1.165) is 27.6 Å². The molecule has 0 bridgehead atoms. The molecule has 0 saturated heterocycles. The zero-order chi connectivity index (χ0) is 15.5. The molecule has 0 fully saturated rings. The van der Waals surface area contributed by atoms with Crippen molar-refractivity contribution in [2.45, 2.75) is 6.92 Å². The number of nitro benzene ring substituents is 1. The number of rotatable bonds is 4. The second-order valence-electron chi connectivity index (χ2n) is 4.66. The maximum absolute atomic E-state index is 10.6. The first kappa shape index (κ1) is 14.2. The van der Waals surface area contributed by atoms with E-state index in [9.17, 15) is 10.1 Å². The smallest absolute Gasteiger partial charge is 0.269 e. The number of thiazole rings is 1. The lowest BCUT2D eigenvalue weighted by Gasteiger charge is -2.02. The van der Waals surface area contributed by atoms with Crippen LogP contribution in [0.4, 0.5) is 16.5 Å². The number of nitro groups is 1. The van der Waals surface area contributed by atoms with Crippen molar-refractivity contribution in [1.82, 2.24) is 9.97 Å². The van der Waals surface area contributed by atoms with Gasteiger partial charge in [-0.05, 0) is 30.7 Å². The highest BCUT2D eigenvalue weighted by Crippen LogP contribution is 2.28. The van der Waals surface area contributed by atoms with Crippen molar-refractivity contribution in [2.24, 2.45) is 0 Å². The van der Waals surface area contributed by atoms with Crippen LogP contribution < -0.4 is 5.32 Å². The van der Waals surface area contributed by atoms with Crippen LogP contribution in [-0.2, 0) is 0 Å². The maximum Gasteiger partial charge on any atom is 0.269 e. The molecule has 0 saturated carbocycles. The van der Waals surface area contributed by atoms with E-state index in [-0.39, 0.29) is 5.69 Å². The maximum atomic E-state index is 10.6. The Hall–Kier alpha value is -2.80. The zero-order valence-electron chi connectivity index (χ0n) is 11.7. The van der Waals surface area contributed by atoms with E-state index in [4.69, 9.17) is 0 Å². The molecular weight excluding hydrogens is 300 g/mol. The number of non-ortho nitro benzene ring substituents is 1. The van der Waals surface area contributed by atoms with Crippen LogP contribution in [0.5, 0.6) is 0 Å². The van der Waals surface area contributed by atoms with Gasteiger partial charge in [0.15, 0.2) is 5.13 Å². The topological polar surface area (TPSA) is 81.0 Å². The number of anilines is 2. The van der Waals surface area contributed by atoms with E-state index in [0.29, 0.717) is 0 Å². The van der Waals surface area contributed by atoms with E-state index >= 15 is 0 Å². The number of pyridine rings is 1. The number of aryl methyl sites for hydroxylation is 1. The average molecular weight is 312 g/mol. The molecule has 0 amide bonds. The minimum atomic E-state index is -0.420. The first-order chi connectivity index (χ1) is 10.6. The van der Waals surface area contributed by atoms with Crippen molar-refractivity contribution in [3.63, 3.8) is 0 Å². The summed E-state index contributed by atoms with van der Waals surface area (Å²) in [6, 6.07) is 8.19. The highest BCUT2D eigenvalue weighted by molar-refractivity contribution is 7.14. The molecule has 2 aromatic heterocycles. The first-order valence-corrected chi connectivity index (χ1v) is 7.39. The standard InChI is InChI=1S/C15H12N4O2S/c1-10-6-7-16-8-13(10)14-9-22-15(18-14)17-11-2-4-12(5-3-11)19(20)21/h2-9H,1H3,(H,17,18). The summed E-state index contributed by atoms with van der Waals surface area (Å²) in [7, 11) is 0. The van der Waals surface area contributed by atoms with Gasteiger partial charge in [0.05, 0.1) is 10.6 Å². The highest BCUT2D eigenvalue weighted by Gasteiger charge is 2.08. The van der Waals surface area contributed by atoms with Gasteiger partial charge in [-0.2, -0.15) is 0 Å². The van der Waals surface area contributed by atoms with Crippen LogP contribution in [0.1, 0.15) is 5.56 Å². The molecule has 6 nitrogen and oxygen atoms in total. The Labute approximate surface area is 130 Å². The number of nitrogens with zero attached hydrogens (tertiary/aromatic N) is 3. The SMILES string of the molecule is Cc1ccncc1-c1csc(Nc2ccc([N+](=O)[O-])cc2)n1. The Balaban J connectivity index is 1.80. The largest absolute Gasteiger partial charge is 0.332 e. The third-order valence-electron chi connectivity index (χ3n) is 3.15. The molecule has 0 unspecified atom stereocenters. The molecule has 3 rings (SSSR count). The van der Waals surface area contributed by atoms with Gasteiger partial charge in [0.25, 0.3) is 5.69 Å². The second-order valence-corrected chi connectivity index (χ2v) is 5.52. The molecule has 0 aliphatic carbocycles. The third kappa shape index (κ3) is 2.94. The number of hydrogen-bond donors (Lipinski definition) is 1. The average Bonchev–Trinajstić information content (AvgIpc) is 2.96. The van der Waals surface area contributed by atoms with Gasteiger partial charge in [0, 0.05) is 41.2 Å². The molecule has 110 valence electrons. The molecule has 0 aliphatic rings. The molecule has 22 heavy (non-hydrogen) atoms. The molecule has 3 aromatic rings. The summed E-state index contributed by atoms with van der Waals surface area (Å²) in [5.74, 6) is 0. The Morgan fingerprint density at radius 3 is 2.68 bits per heavy atom. The lowest BCUT2D eigenvalue weighted by Crippen LogP contribution is -1.92. The minimum absolute atomic E-state index is 0.0661. The Morgan fingerprint density at radius 1 is 1.23 bits per heavy atom. The summed E-state index contributed by atoms with van der Waals surface area (Å²) in [4.78, 5) is 18.9. The fraction of sp³-hybridized carbons (Fsp3) is 0.0667. The van der Waals surface area contributed by atoms with Gasteiger partial charge in [-0.15, -0.1) is 11.3 Å². The normalized spacial score (nSPS) is 10.4. The van der Waals surface area contributed by atoms with Crippen molar-refractivity contribution in [3.05, 3.63) is 63.8 Å². The molecule has 2 heterocycles. The summed E-state index contributed by atoms with van der Waals surface area (Å²) >= 11 is 1.47. The van der Waals surface area contributed by atoms with Gasteiger partial charge in [0.1, 0.15) is 0 Å². The van der Waals surface area contributed by atoms with Crippen molar-refractivity contribution in [2.75, 3.05) is 5.32 Å². The van der Waals surface area contributed by atoms with Crippen LogP contribution in [-0.4, -0.2) is 14.9 Å². The van der Waals surface area contributed by atoms with E-state index < -0.39 is 4.92 Å². The molecule has 0 aliphatic heterocycles. The summed E-state index contributed by atoms with van der Waals surface area (Å²) in [6.45, 7) is 2.01. The quantitative estimate of drug-likeness (QED) is 0.577. The van der Waals surface area contributed by atoms with Crippen LogP contribution in [0.2, 0.25) is 0 Å². The molecule has 7 heteroatoms. The predicted molar refractivity (Wildman–Crippen MR) is 86.5 cm³/mol. The first-order valence-electron chi connectivity index (χ1n) is 6.51. The summed E-state index contributed by atoms with van der Waals surface area (Å²) < 4.78 is 0. The van der Waals surface area contributed by atoms with E-state index in [1.807, 2.05) is 18.4 Å². The van der Waals surface area contributed by atoms with Crippen LogP contribution in [0.15, 0.2) is 48.1 Å². The van der Waals surface area contributed by atoms with Crippen LogP contribution in [0, 0.1) is 17.0 Å². The Kier molecular flexibility index (Phi) is 3.80. The van der Waals surface area contributed by atoms with Crippen molar-refractivity contribution >= 4 is 27.8 Å². The predicted octanol–water partition coefficient (Wildman–Crippen LogP) is 4.17. The highest BCUT2D eigenvalue weighted by atomic mass is 32.1. The minimum Gasteiger partial charge on any atom is -0.332 e. The summed E-state index contributed by atoms with van der Waals surface area (Å²) in [5, 5.41) is 16.5. The molecule has 0 spiro atoms. The van der Waals surface area contributed by atoms with Gasteiger partial charge >= 0.3 is 0 Å². The van der Waals surface area contributed by atoms with Gasteiger partial charge < -0.3 is 5.32 Å². The molecule has 1 N–H and O–H groups in total. The number of aromatic nitrogens is 2. The summed E-state index contributed by atoms with van der Waals surface area (Å²) in [5.41, 5.74) is 3.79. The second kappa shape index (κ2) is 5.90. The fourth-order valence-corrected chi connectivity index (χ4v) is 2.71. The third-order valence-corrected chi connectivity index (χ3v) is 3.91. The van der Waals surface area contributed by atoms with E-state index in [2.05, 4.69) is 15.3 Å². The molecule has 1 aromatic carbocycles. The van der Waals surface area contributed by atoms with Gasteiger partial charge in [0.2, 0.25) is 0 Å². The fourth-order valence-electron chi connectivity index (χ4n) is 1.98. The lowest BCUT2D eigenvalue weighted by atomic mass is 10.1. The zero-order valence-corrected chi connectivity index (χ0v) is 12.5. The van der Waals surface area contributed by atoms with Crippen LogP contribution in [0.3, 0.4) is 0 Å². The summed E-state index contributed by atoms with van der Waals surface area (Å²) in [6.07, 6.45) is 3.54. The van der Waals surface area contributed by atoms with Gasteiger partial charge in [-0.1, -0.05) is 0 Å². The van der Waals surface area contributed by atoms with Gasteiger partial charge in [-0.25, -0.2) is 4.98 Å². The van der Waals surface area contributed by atoms with Crippen molar-refractivity contribution in [1.29, 1.82) is 0 Å². The van der Waals surface area contributed by atoms with Crippen LogP contribution >= 0.6 is 11.3 Å². The van der Waals surface area contributed by atoms with E-state index in [1.54, 1.807) is 24.5 Å². The van der Waals surface area contributed by atoms with Crippen molar-refractivity contribution < 1.29 is 4.92 Å². The van der Waals surface area contributed by atoms with E-state index in [1.165, 1.54) is 23.5 Å². The van der Waals surface area contributed by atoms with Crippen LogP contribution in [0.25, 0.3) is 11.3 Å². The molecule has 0 radical (unpaired) electrons. The van der Waals surface area contributed by atoms with Crippen molar-refractivity contribution in [3.8, 4) is 11.3 Å². The Morgan fingerprint density at radius 2 is 2.00 bits per heavy atom. The molecular formula is C15H12N4O2S.